The van der Waals surface area contributed by atoms with Gasteiger partial charge in [0.1, 0.15) is 0 Å². The summed E-state index contributed by atoms with van der Waals surface area (Å²) < 4.78 is 62.7. The van der Waals surface area contributed by atoms with Crippen molar-refractivity contribution in [2.24, 2.45) is 0 Å². The summed E-state index contributed by atoms with van der Waals surface area (Å²) in [5, 5.41) is 14.7. The number of fused-ring (bicyclic) bond motifs is 1. The van der Waals surface area contributed by atoms with Crippen LogP contribution in [-0.4, -0.2) is 46.8 Å². The maximum absolute atomic E-state index is 12.3. The van der Waals surface area contributed by atoms with E-state index in [2.05, 4.69) is 14.4 Å². The van der Waals surface area contributed by atoms with Crippen LogP contribution >= 0.6 is 0 Å². The normalized spacial score (nSPS) is 19.2. The van der Waals surface area contributed by atoms with Crippen molar-refractivity contribution in [3.63, 3.8) is 0 Å². The van der Waals surface area contributed by atoms with Gasteiger partial charge in [0, 0.05) is 12.1 Å². The lowest BCUT2D eigenvalue weighted by atomic mass is 10.0. The number of nitrogens with zero attached hydrogens (tertiary/aromatic N) is 2. The first-order chi connectivity index (χ1) is 9.54. The number of hydrogen-bond acceptors (Lipinski definition) is 5. The van der Waals surface area contributed by atoms with E-state index < -0.39 is 33.6 Å². The molecule has 1 aliphatic heterocycles. The molecule has 1 atom stereocenters. The third-order valence-corrected chi connectivity index (χ3v) is 4.01. The summed E-state index contributed by atoms with van der Waals surface area (Å²) in [5.41, 5.74) is -5.24. The minimum absolute atomic E-state index is 0.00847. The van der Waals surface area contributed by atoms with Crippen molar-refractivity contribution in [3.8, 4) is 5.88 Å². The lowest BCUT2D eigenvalue weighted by Crippen LogP contribution is -2.38. The molecule has 0 aromatic carbocycles. The van der Waals surface area contributed by atoms with Gasteiger partial charge in [0.2, 0.25) is 0 Å². The van der Waals surface area contributed by atoms with Gasteiger partial charge in [0.25, 0.3) is 5.88 Å². The number of rotatable bonds is 2. The molecule has 12 heteroatoms. The number of aromatic nitrogens is 2. The zero-order chi connectivity index (χ0) is 16.0. The Kier molecular flexibility index (Phi) is 3.51. The molecule has 8 nitrogen and oxygen atoms in total. The standard InChI is InChI=1S/C9H10F3N3O5S/c1-4-6-5(2-3-15(4)8(16)17)7(14-13-6)20-21(18,19)9(10,11)12/h4H,2-3H2,1H3,(H,13,14)(H,16,17). The number of aromatic amines is 1. The van der Waals surface area contributed by atoms with Crippen molar-refractivity contribution in [2.45, 2.75) is 24.9 Å². The van der Waals surface area contributed by atoms with Crippen LogP contribution in [0.3, 0.4) is 0 Å². The fourth-order valence-corrected chi connectivity index (χ4v) is 2.45. The quantitative estimate of drug-likeness (QED) is 0.623. The Morgan fingerprint density at radius 2 is 2.14 bits per heavy atom. The molecule has 2 N–H and O–H groups in total. The number of amides is 1. The lowest BCUT2D eigenvalue weighted by molar-refractivity contribution is -0.0501. The van der Waals surface area contributed by atoms with Gasteiger partial charge in [-0.15, -0.1) is 5.10 Å². The highest BCUT2D eigenvalue weighted by atomic mass is 32.2. The summed E-state index contributed by atoms with van der Waals surface area (Å²) in [6.07, 6.45) is -1.21. The van der Waals surface area contributed by atoms with Crippen LogP contribution in [-0.2, 0) is 16.5 Å². The first kappa shape index (κ1) is 15.4. The maximum Gasteiger partial charge on any atom is 0.534 e. The number of carbonyl (C=O) groups is 1. The van der Waals surface area contributed by atoms with Crippen LogP contribution in [0.5, 0.6) is 5.88 Å². The Balaban J connectivity index is 2.33. The fourth-order valence-electron chi connectivity index (χ4n) is 2.01. The zero-order valence-corrected chi connectivity index (χ0v) is 11.3. The van der Waals surface area contributed by atoms with E-state index in [9.17, 15) is 26.4 Å². The SMILES string of the molecule is CC1c2[nH]nc(OS(=O)(=O)C(F)(F)F)c2CCN1C(=O)O. The van der Waals surface area contributed by atoms with Crippen molar-refractivity contribution >= 4 is 16.2 Å². The molecule has 0 spiro atoms. The number of halogens is 3. The summed E-state index contributed by atoms with van der Waals surface area (Å²) >= 11 is 0. The number of nitrogens with one attached hydrogen (secondary N) is 1. The molecular formula is C9H10F3N3O5S. The van der Waals surface area contributed by atoms with Crippen LogP contribution in [0.4, 0.5) is 18.0 Å². The Morgan fingerprint density at radius 1 is 1.52 bits per heavy atom. The second-order valence-electron chi connectivity index (χ2n) is 4.31. The summed E-state index contributed by atoms with van der Waals surface area (Å²) in [6, 6.07) is -0.704. The van der Waals surface area contributed by atoms with Gasteiger partial charge in [-0.25, -0.2) is 4.79 Å². The van der Waals surface area contributed by atoms with Crippen molar-refractivity contribution in [2.75, 3.05) is 6.54 Å². The predicted octanol–water partition coefficient (Wildman–Crippen LogP) is 1.24. The van der Waals surface area contributed by atoms with E-state index in [0.717, 1.165) is 4.90 Å². The first-order valence-electron chi connectivity index (χ1n) is 5.62. The number of alkyl halides is 3. The van der Waals surface area contributed by atoms with Crippen molar-refractivity contribution in [1.82, 2.24) is 15.1 Å². The van der Waals surface area contributed by atoms with Crippen molar-refractivity contribution in [3.05, 3.63) is 11.3 Å². The average Bonchev–Trinajstić information content (AvgIpc) is 2.71. The molecule has 0 fully saturated rings. The van der Waals surface area contributed by atoms with Gasteiger partial charge in [0.05, 0.1) is 11.7 Å². The van der Waals surface area contributed by atoms with Crippen molar-refractivity contribution in [1.29, 1.82) is 0 Å². The predicted molar refractivity (Wildman–Crippen MR) is 61.0 cm³/mol. The molecule has 21 heavy (non-hydrogen) atoms. The highest BCUT2D eigenvalue weighted by Gasteiger charge is 2.49. The van der Waals surface area contributed by atoms with Gasteiger partial charge in [-0.05, 0) is 13.3 Å². The molecule has 1 aliphatic rings. The van der Waals surface area contributed by atoms with E-state index in [-0.39, 0.29) is 24.2 Å². The van der Waals surface area contributed by atoms with Gasteiger partial charge in [0.15, 0.2) is 0 Å². The first-order valence-corrected chi connectivity index (χ1v) is 7.03. The van der Waals surface area contributed by atoms with E-state index in [1.54, 1.807) is 0 Å². The van der Waals surface area contributed by atoms with Gasteiger partial charge in [-0.1, -0.05) is 0 Å². The van der Waals surface area contributed by atoms with E-state index >= 15 is 0 Å². The third kappa shape index (κ3) is 2.62. The number of carboxylic acid groups (broad SMARTS) is 1. The highest BCUT2D eigenvalue weighted by Crippen LogP contribution is 2.35. The van der Waals surface area contributed by atoms with Crippen LogP contribution < -0.4 is 4.18 Å². The highest BCUT2D eigenvalue weighted by molar-refractivity contribution is 7.87. The second kappa shape index (κ2) is 4.79. The van der Waals surface area contributed by atoms with Crippen LogP contribution in [0.1, 0.15) is 24.2 Å². The summed E-state index contributed by atoms with van der Waals surface area (Å²) in [4.78, 5) is 12.0. The number of hydrogen-bond donors (Lipinski definition) is 2. The average molecular weight is 329 g/mol. The molecule has 1 amide bonds. The monoisotopic (exact) mass is 329 g/mol. The second-order valence-corrected chi connectivity index (χ2v) is 5.84. The molecule has 0 saturated carbocycles. The number of H-pyrrole nitrogens is 1. The van der Waals surface area contributed by atoms with Crippen LogP contribution in [0.15, 0.2) is 0 Å². The molecular weight excluding hydrogens is 319 g/mol. The van der Waals surface area contributed by atoms with E-state index in [0.29, 0.717) is 0 Å². The largest absolute Gasteiger partial charge is 0.534 e. The van der Waals surface area contributed by atoms with Crippen molar-refractivity contribution < 1.29 is 35.7 Å². The molecule has 0 bridgehead atoms. The Morgan fingerprint density at radius 3 is 2.67 bits per heavy atom. The molecule has 0 saturated heterocycles. The maximum atomic E-state index is 12.3. The molecule has 0 aliphatic carbocycles. The molecule has 2 rings (SSSR count). The van der Waals surface area contributed by atoms with Crippen LogP contribution in [0.25, 0.3) is 0 Å². The molecule has 1 unspecified atom stereocenters. The fraction of sp³-hybridized carbons (Fsp3) is 0.556. The third-order valence-electron chi connectivity index (χ3n) is 3.07. The smallest absolute Gasteiger partial charge is 0.465 e. The van der Waals surface area contributed by atoms with Gasteiger partial charge >= 0.3 is 21.7 Å². The Bertz CT molecular complexity index is 669. The molecule has 1 aromatic heterocycles. The van der Waals surface area contributed by atoms with Gasteiger partial charge in [-0.3, -0.25) is 10.00 Å². The zero-order valence-electron chi connectivity index (χ0n) is 10.5. The van der Waals surface area contributed by atoms with Gasteiger partial charge < -0.3 is 9.29 Å². The summed E-state index contributed by atoms with van der Waals surface area (Å²) in [7, 11) is -5.81. The Hall–Kier alpha value is -1.98. The molecule has 2 heterocycles. The minimum Gasteiger partial charge on any atom is -0.465 e. The molecule has 0 radical (unpaired) electrons. The summed E-state index contributed by atoms with van der Waals surface area (Å²) in [6.45, 7) is 1.48. The van der Waals surface area contributed by atoms with E-state index in [1.165, 1.54) is 6.92 Å². The van der Waals surface area contributed by atoms with Crippen LogP contribution in [0, 0.1) is 0 Å². The molecule has 1 aromatic rings. The molecule has 118 valence electrons. The minimum atomic E-state index is -5.81. The van der Waals surface area contributed by atoms with E-state index in [1.807, 2.05) is 0 Å². The van der Waals surface area contributed by atoms with E-state index in [4.69, 9.17) is 5.11 Å². The topological polar surface area (TPSA) is 113 Å². The lowest BCUT2D eigenvalue weighted by Gasteiger charge is -2.30. The summed E-state index contributed by atoms with van der Waals surface area (Å²) in [5.74, 6) is -0.709. The van der Waals surface area contributed by atoms with Gasteiger partial charge in [-0.2, -0.15) is 21.6 Å². The van der Waals surface area contributed by atoms with Crippen LogP contribution in [0.2, 0.25) is 0 Å². The Labute approximate surface area is 116 Å².